The Morgan fingerprint density at radius 2 is 1.82 bits per heavy atom. The van der Waals surface area contributed by atoms with Crippen LogP contribution in [0.25, 0.3) is 0 Å². The Hall–Kier alpha value is -2.28. The number of ether oxygens (including phenoxy) is 1. The van der Waals surface area contributed by atoms with Crippen LogP contribution in [0, 0.1) is 5.82 Å². The van der Waals surface area contributed by atoms with Gasteiger partial charge in [-0.3, -0.25) is 4.79 Å². The second-order valence-corrected chi connectivity index (χ2v) is 4.56. The van der Waals surface area contributed by atoms with Crippen molar-refractivity contribution in [3.8, 4) is 5.75 Å². The van der Waals surface area contributed by atoms with Gasteiger partial charge in [-0.1, -0.05) is 23.7 Å². The Morgan fingerprint density at radius 3 is 2.45 bits per heavy atom. The Kier molecular flexibility index (Phi) is 4.56. The van der Waals surface area contributed by atoms with Crippen LogP contribution in [0.2, 0.25) is 5.02 Å². The van der Waals surface area contributed by atoms with Crippen molar-refractivity contribution >= 4 is 23.2 Å². The maximum atomic E-state index is 13.6. The summed E-state index contributed by atoms with van der Waals surface area (Å²) in [4.78, 5) is 11.9. The molecule has 0 fully saturated rings. The summed E-state index contributed by atoms with van der Waals surface area (Å²) in [7, 11) is 0. The minimum Gasteiger partial charge on any atom is -0.404 e. The molecule has 8 heteroatoms. The Balaban J connectivity index is 2.25. The van der Waals surface area contributed by atoms with Crippen LogP contribution in [0.15, 0.2) is 42.5 Å². The third-order valence-corrected chi connectivity index (χ3v) is 2.77. The van der Waals surface area contributed by atoms with Crippen LogP contribution in [0.4, 0.5) is 23.2 Å². The zero-order valence-corrected chi connectivity index (χ0v) is 11.5. The third-order valence-electron chi connectivity index (χ3n) is 2.54. The average molecular weight is 334 g/mol. The van der Waals surface area contributed by atoms with E-state index in [-0.39, 0.29) is 16.3 Å². The number of nitrogens with one attached hydrogen (secondary N) is 1. The predicted molar refractivity (Wildman–Crippen MR) is 72.5 cm³/mol. The highest BCUT2D eigenvalue weighted by atomic mass is 35.5. The van der Waals surface area contributed by atoms with Gasteiger partial charge in [0.2, 0.25) is 0 Å². The van der Waals surface area contributed by atoms with Gasteiger partial charge in [0.15, 0.2) is 5.75 Å². The summed E-state index contributed by atoms with van der Waals surface area (Å²) >= 11 is 5.56. The lowest BCUT2D eigenvalue weighted by atomic mass is 10.2. The van der Waals surface area contributed by atoms with E-state index in [1.807, 2.05) is 0 Å². The van der Waals surface area contributed by atoms with Crippen LogP contribution in [0.1, 0.15) is 10.4 Å². The quantitative estimate of drug-likeness (QED) is 0.832. The van der Waals surface area contributed by atoms with Crippen molar-refractivity contribution in [3.63, 3.8) is 0 Å². The summed E-state index contributed by atoms with van der Waals surface area (Å²) < 4.78 is 54.3. The number of para-hydroxylation sites is 2. The number of alkyl halides is 3. The maximum absolute atomic E-state index is 13.6. The number of halogens is 5. The largest absolute Gasteiger partial charge is 0.573 e. The van der Waals surface area contributed by atoms with E-state index in [9.17, 15) is 22.4 Å². The Labute approximate surface area is 127 Å². The van der Waals surface area contributed by atoms with E-state index < -0.39 is 23.8 Å². The molecule has 0 aliphatic heterocycles. The summed E-state index contributed by atoms with van der Waals surface area (Å²) in [5.41, 5.74) is -0.592. The van der Waals surface area contributed by atoms with Crippen LogP contribution in [-0.4, -0.2) is 12.3 Å². The molecule has 0 aliphatic carbocycles. The van der Waals surface area contributed by atoms with E-state index >= 15 is 0 Å². The van der Waals surface area contributed by atoms with Crippen molar-refractivity contribution in [2.75, 3.05) is 5.32 Å². The van der Waals surface area contributed by atoms with E-state index in [1.54, 1.807) is 0 Å². The second-order valence-electron chi connectivity index (χ2n) is 4.12. The first-order valence-electron chi connectivity index (χ1n) is 5.87. The predicted octanol–water partition coefficient (Wildman–Crippen LogP) is 4.63. The minimum atomic E-state index is -4.91. The van der Waals surface area contributed by atoms with Crippen molar-refractivity contribution in [3.05, 3.63) is 58.9 Å². The van der Waals surface area contributed by atoms with Crippen LogP contribution >= 0.6 is 11.6 Å². The minimum absolute atomic E-state index is 0.0925. The van der Waals surface area contributed by atoms with Crippen LogP contribution in [-0.2, 0) is 0 Å². The number of benzene rings is 2. The van der Waals surface area contributed by atoms with Gasteiger partial charge in [0.25, 0.3) is 5.91 Å². The SMILES string of the molecule is O=C(Nc1ccccc1OC(F)(F)F)c1ccc(Cl)cc1F. The molecule has 0 radical (unpaired) electrons. The molecule has 0 spiro atoms. The number of hydrogen-bond acceptors (Lipinski definition) is 2. The zero-order chi connectivity index (χ0) is 16.3. The highest BCUT2D eigenvalue weighted by Crippen LogP contribution is 2.30. The van der Waals surface area contributed by atoms with E-state index in [0.717, 1.165) is 18.2 Å². The first-order chi connectivity index (χ1) is 10.3. The first-order valence-corrected chi connectivity index (χ1v) is 6.25. The molecular weight excluding hydrogens is 326 g/mol. The van der Waals surface area contributed by atoms with E-state index in [2.05, 4.69) is 10.1 Å². The molecule has 0 aliphatic rings. The van der Waals surface area contributed by atoms with Gasteiger partial charge in [-0.05, 0) is 30.3 Å². The third kappa shape index (κ3) is 4.11. The number of anilines is 1. The standard InChI is InChI=1S/C14H8ClF4NO2/c15-8-5-6-9(10(16)7-8)13(21)20-11-3-1-2-4-12(11)22-14(17,18)19/h1-7H,(H,20,21). The fourth-order valence-corrected chi connectivity index (χ4v) is 1.81. The molecule has 2 aromatic carbocycles. The molecular formula is C14H8ClF4NO2. The lowest BCUT2D eigenvalue weighted by Crippen LogP contribution is -2.20. The average Bonchev–Trinajstić information content (AvgIpc) is 2.39. The first kappa shape index (κ1) is 16.1. The second kappa shape index (κ2) is 6.23. The van der Waals surface area contributed by atoms with Crippen molar-refractivity contribution in [2.24, 2.45) is 0 Å². The van der Waals surface area contributed by atoms with E-state index in [0.29, 0.717) is 0 Å². The van der Waals surface area contributed by atoms with Crippen molar-refractivity contribution < 1.29 is 27.1 Å². The highest BCUT2D eigenvalue weighted by molar-refractivity contribution is 6.30. The molecule has 1 amide bonds. The summed E-state index contributed by atoms with van der Waals surface area (Å²) in [6.45, 7) is 0. The smallest absolute Gasteiger partial charge is 0.404 e. The molecule has 22 heavy (non-hydrogen) atoms. The molecule has 0 aromatic heterocycles. The molecule has 2 rings (SSSR count). The molecule has 116 valence electrons. The zero-order valence-electron chi connectivity index (χ0n) is 10.7. The summed E-state index contributed by atoms with van der Waals surface area (Å²) in [5.74, 6) is -2.41. The van der Waals surface area contributed by atoms with Crippen LogP contribution < -0.4 is 10.1 Å². The van der Waals surface area contributed by atoms with Crippen molar-refractivity contribution in [1.29, 1.82) is 0 Å². The number of carbonyl (C=O) groups is 1. The Bertz CT molecular complexity index is 703. The van der Waals surface area contributed by atoms with Crippen molar-refractivity contribution in [1.82, 2.24) is 0 Å². The van der Waals surface area contributed by atoms with E-state index in [1.165, 1.54) is 24.3 Å². The molecule has 0 atom stereocenters. The van der Waals surface area contributed by atoms with Gasteiger partial charge in [0.05, 0.1) is 11.3 Å². The lowest BCUT2D eigenvalue weighted by molar-refractivity contribution is -0.274. The maximum Gasteiger partial charge on any atom is 0.573 e. The van der Waals surface area contributed by atoms with Crippen LogP contribution in [0.3, 0.4) is 0 Å². The summed E-state index contributed by atoms with van der Waals surface area (Å²) in [6, 6.07) is 8.28. The number of carbonyl (C=O) groups excluding carboxylic acids is 1. The van der Waals surface area contributed by atoms with Gasteiger partial charge in [-0.15, -0.1) is 13.2 Å². The van der Waals surface area contributed by atoms with Gasteiger partial charge in [0, 0.05) is 5.02 Å². The molecule has 0 bridgehead atoms. The van der Waals surface area contributed by atoms with Gasteiger partial charge < -0.3 is 10.1 Å². The van der Waals surface area contributed by atoms with Crippen molar-refractivity contribution in [2.45, 2.75) is 6.36 Å². The fourth-order valence-electron chi connectivity index (χ4n) is 1.65. The number of rotatable bonds is 3. The van der Waals surface area contributed by atoms with Gasteiger partial charge in [-0.2, -0.15) is 0 Å². The molecule has 2 aromatic rings. The monoisotopic (exact) mass is 333 g/mol. The summed E-state index contributed by atoms with van der Waals surface area (Å²) in [5, 5.41) is 2.26. The lowest BCUT2D eigenvalue weighted by Gasteiger charge is -2.14. The molecule has 0 saturated heterocycles. The number of amides is 1. The number of hydrogen-bond donors (Lipinski definition) is 1. The van der Waals surface area contributed by atoms with E-state index in [4.69, 9.17) is 11.6 Å². The van der Waals surface area contributed by atoms with Gasteiger partial charge in [0.1, 0.15) is 5.82 Å². The fraction of sp³-hybridized carbons (Fsp3) is 0.0714. The summed E-state index contributed by atoms with van der Waals surface area (Å²) in [6.07, 6.45) is -4.91. The Morgan fingerprint density at radius 1 is 1.14 bits per heavy atom. The normalized spacial score (nSPS) is 11.1. The molecule has 1 N–H and O–H groups in total. The van der Waals surface area contributed by atoms with Crippen LogP contribution in [0.5, 0.6) is 5.75 Å². The topological polar surface area (TPSA) is 38.3 Å². The molecule has 0 heterocycles. The van der Waals surface area contributed by atoms with Gasteiger partial charge in [-0.25, -0.2) is 4.39 Å². The molecule has 3 nitrogen and oxygen atoms in total. The molecule has 0 unspecified atom stereocenters. The highest BCUT2D eigenvalue weighted by Gasteiger charge is 2.32. The molecule has 0 saturated carbocycles. The van der Waals surface area contributed by atoms with Gasteiger partial charge >= 0.3 is 6.36 Å².